The lowest BCUT2D eigenvalue weighted by Gasteiger charge is -2.31. The number of alkyl carbamates (subject to hydrolysis) is 1. The van der Waals surface area contributed by atoms with Crippen LogP contribution in [0, 0.1) is 0 Å². The molecule has 0 radical (unpaired) electrons. The average molecular weight is 337 g/mol. The van der Waals surface area contributed by atoms with Gasteiger partial charge < -0.3 is 24.6 Å². The number of carbonyl (C=O) groups is 2. The molecule has 7 heteroatoms. The topological polar surface area (TPSA) is 94.1 Å². The van der Waals surface area contributed by atoms with Gasteiger partial charge in [0, 0.05) is 0 Å². The molecule has 0 aromatic heterocycles. The highest BCUT2D eigenvalue weighted by Gasteiger charge is 2.53. The molecule has 1 saturated heterocycles. The third kappa shape index (κ3) is 4.46. The van der Waals surface area contributed by atoms with Crippen molar-refractivity contribution >= 4 is 12.1 Å². The second-order valence-electron chi connectivity index (χ2n) is 6.70. The summed E-state index contributed by atoms with van der Waals surface area (Å²) in [5, 5.41) is 12.1. The predicted octanol–water partition coefficient (Wildman–Crippen LogP) is 1.95. The van der Waals surface area contributed by atoms with Crippen molar-refractivity contribution in [3.8, 4) is 0 Å². The number of amides is 1. The fourth-order valence-electron chi connectivity index (χ4n) is 2.38. The third-order valence-corrected chi connectivity index (χ3v) is 3.55. The van der Waals surface area contributed by atoms with E-state index < -0.39 is 29.3 Å². The lowest BCUT2D eigenvalue weighted by Crippen LogP contribution is -2.63. The van der Waals surface area contributed by atoms with E-state index in [0.29, 0.717) is 0 Å². The van der Waals surface area contributed by atoms with Crippen LogP contribution < -0.4 is 5.32 Å². The average Bonchev–Trinajstić information content (AvgIpc) is 2.88. The summed E-state index contributed by atoms with van der Waals surface area (Å²) < 4.78 is 16.2. The zero-order valence-electron chi connectivity index (χ0n) is 14.1. The van der Waals surface area contributed by atoms with Crippen molar-refractivity contribution in [1.82, 2.24) is 5.32 Å². The summed E-state index contributed by atoms with van der Waals surface area (Å²) in [6.07, 6.45) is -1.63. The number of aliphatic carboxylic acids is 1. The van der Waals surface area contributed by atoms with E-state index in [0.717, 1.165) is 5.56 Å². The molecule has 0 unspecified atom stereocenters. The Hall–Kier alpha value is -2.12. The number of hydrogen-bond donors (Lipinski definition) is 2. The molecular formula is C17H23NO6. The third-order valence-electron chi connectivity index (χ3n) is 3.55. The molecule has 0 saturated carbocycles. The highest BCUT2D eigenvalue weighted by molar-refractivity contribution is 5.86. The van der Waals surface area contributed by atoms with E-state index in [2.05, 4.69) is 5.32 Å². The van der Waals surface area contributed by atoms with Crippen molar-refractivity contribution in [2.45, 2.75) is 44.6 Å². The van der Waals surface area contributed by atoms with Gasteiger partial charge in [0.05, 0.1) is 19.8 Å². The molecule has 1 aromatic carbocycles. The minimum absolute atomic E-state index is 0.0783. The molecule has 1 aliphatic rings. The van der Waals surface area contributed by atoms with Crippen LogP contribution >= 0.6 is 0 Å². The van der Waals surface area contributed by atoms with Crippen molar-refractivity contribution in [2.75, 3.05) is 13.2 Å². The van der Waals surface area contributed by atoms with Gasteiger partial charge in [-0.1, -0.05) is 30.3 Å². The van der Waals surface area contributed by atoms with Crippen LogP contribution in [0.15, 0.2) is 30.3 Å². The largest absolute Gasteiger partial charge is 0.479 e. The Bertz CT molecular complexity index is 582. The summed E-state index contributed by atoms with van der Waals surface area (Å²) >= 11 is 0. The lowest BCUT2D eigenvalue weighted by molar-refractivity contribution is -0.150. The van der Waals surface area contributed by atoms with Gasteiger partial charge in [-0.2, -0.15) is 0 Å². The van der Waals surface area contributed by atoms with Crippen LogP contribution in [0.2, 0.25) is 0 Å². The number of carboxylic acid groups (broad SMARTS) is 1. The van der Waals surface area contributed by atoms with Crippen molar-refractivity contribution in [1.29, 1.82) is 0 Å². The van der Waals surface area contributed by atoms with E-state index in [-0.39, 0.29) is 19.8 Å². The fraction of sp³-hybridized carbons (Fsp3) is 0.529. The Labute approximate surface area is 140 Å². The van der Waals surface area contributed by atoms with Gasteiger partial charge in [-0.3, -0.25) is 0 Å². The molecule has 1 amide bonds. The highest BCUT2D eigenvalue weighted by atomic mass is 16.6. The van der Waals surface area contributed by atoms with E-state index >= 15 is 0 Å². The number of benzene rings is 1. The van der Waals surface area contributed by atoms with Crippen LogP contribution in [0.3, 0.4) is 0 Å². The van der Waals surface area contributed by atoms with Gasteiger partial charge >= 0.3 is 12.1 Å². The van der Waals surface area contributed by atoms with E-state index in [1.165, 1.54) is 0 Å². The van der Waals surface area contributed by atoms with Crippen LogP contribution in [0.4, 0.5) is 4.79 Å². The van der Waals surface area contributed by atoms with E-state index in [1.54, 1.807) is 20.8 Å². The Morgan fingerprint density at radius 1 is 1.33 bits per heavy atom. The number of carbonyl (C=O) groups excluding carboxylic acids is 1. The maximum Gasteiger partial charge on any atom is 0.408 e. The zero-order chi connectivity index (χ0) is 17.8. The van der Waals surface area contributed by atoms with Crippen LogP contribution in [0.5, 0.6) is 0 Å². The van der Waals surface area contributed by atoms with Gasteiger partial charge in [0.15, 0.2) is 5.54 Å². The molecule has 1 aliphatic heterocycles. The molecule has 24 heavy (non-hydrogen) atoms. The molecule has 132 valence electrons. The normalized spacial score (nSPS) is 23.7. The molecule has 7 nitrogen and oxygen atoms in total. The number of hydrogen-bond acceptors (Lipinski definition) is 5. The summed E-state index contributed by atoms with van der Waals surface area (Å²) in [5.41, 5.74) is -1.50. The van der Waals surface area contributed by atoms with E-state index in [1.807, 2.05) is 30.3 Å². The fourth-order valence-corrected chi connectivity index (χ4v) is 2.38. The van der Waals surface area contributed by atoms with E-state index in [9.17, 15) is 14.7 Å². The summed E-state index contributed by atoms with van der Waals surface area (Å²) in [7, 11) is 0. The molecule has 0 bridgehead atoms. The quantitative estimate of drug-likeness (QED) is 0.853. The standard InChI is InChI=1S/C17H23NO6/c1-16(2,3)24-15(21)18-17(14(19)20)11-22-10-13(17)23-9-12-7-5-4-6-8-12/h4-8,13H,9-11H2,1-3H3,(H,18,21)(H,19,20)/t13-,17+/m0/s1. The number of rotatable bonds is 5. The summed E-state index contributed by atoms with van der Waals surface area (Å²) in [4.78, 5) is 23.9. The SMILES string of the molecule is CC(C)(C)OC(=O)N[C@]1(C(=O)O)COC[C@@H]1OCc1ccccc1. The Morgan fingerprint density at radius 2 is 2.00 bits per heavy atom. The summed E-state index contributed by atoms with van der Waals surface area (Å²) in [5.74, 6) is -1.22. The maximum absolute atomic E-state index is 12.0. The Balaban J connectivity index is 2.08. The second kappa shape index (κ2) is 7.19. The van der Waals surface area contributed by atoms with Crippen LogP contribution in [0.1, 0.15) is 26.3 Å². The number of ether oxygens (including phenoxy) is 3. The van der Waals surface area contributed by atoms with Gasteiger partial charge in [-0.15, -0.1) is 0 Å². The molecule has 2 rings (SSSR count). The van der Waals surface area contributed by atoms with Crippen LogP contribution in [-0.2, 0) is 25.6 Å². The van der Waals surface area contributed by atoms with Crippen molar-refractivity contribution < 1.29 is 28.9 Å². The molecule has 1 aromatic rings. The molecule has 2 atom stereocenters. The van der Waals surface area contributed by atoms with Gasteiger partial charge in [0.2, 0.25) is 0 Å². The van der Waals surface area contributed by atoms with Crippen molar-refractivity contribution in [2.24, 2.45) is 0 Å². The van der Waals surface area contributed by atoms with Crippen LogP contribution in [-0.4, -0.2) is 47.6 Å². The van der Waals surface area contributed by atoms with Crippen molar-refractivity contribution in [3.05, 3.63) is 35.9 Å². The second-order valence-corrected chi connectivity index (χ2v) is 6.70. The monoisotopic (exact) mass is 337 g/mol. The minimum Gasteiger partial charge on any atom is -0.479 e. The molecule has 0 spiro atoms. The first kappa shape index (κ1) is 18.2. The minimum atomic E-state index is -1.67. The first-order valence-corrected chi connectivity index (χ1v) is 7.71. The molecular weight excluding hydrogens is 314 g/mol. The Morgan fingerprint density at radius 3 is 2.58 bits per heavy atom. The van der Waals surface area contributed by atoms with Crippen LogP contribution in [0.25, 0.3) is 0 Å². The molecule has 2 N–H and O–H groups in total. The van der Waals surface area contributed by atoms with Gasteiger partial charge in [0.1, 0.15) is 11.7 Å². The van der Waals surface area contributed by atoms with Crippen molar-refractivity contribution in [3.63, 3.8) is 0 Å². The molecule has 0 aliphatic carbocycles. The van der Waals surface area contributed by atoms with Gasteiger partial charge in [-0.05, 0) is 26.3 Å². The zero-order valence-corrected chi connectivity index (χ0v) is 14.1. The predicted molar refractivity (Wildman–Crippen MR) is 85.6 cm³/mol. The molecule has 1 fully saturated rings. The van der Waals surface area contributed by atoms with Gasteiger partial charge in [-0.25, -0.2) is 9.59 Å². The lowest BCUT2D eigenvalue weighted by atomic mass is 9.96. The smallest absolute Gasteiger partial charge is 0.408 e. The summed E-state index contributed by atoms with van der Waals surface area (Å²) in [6, 6.07) is 9.37. The highest BCUT2D eigenvalue weighted by Crippen LogP contribution is 2.25. The Kier molecular flexibility index (Phi) is 5.46. The van der Waals surface area contributed by atoms with E-state index in [4.69, 9.17) is 14.2 Å². The molecule has 1 heterocycles. The maximum atomic E-state index is 12.0. The number of carboxylic acids is 1. The van der Waals surface area contributed by atoms with Gasteiger partial charge in [0.25, 0.3) is 0 Å². The summed E-state index contributed by atoms with van der Waals surface area (Å²) in [6.45, 7) is 5.23. The first-order valence-electron chi connectivity index (χ1n) is 7.71. The number of nitrogens with one attached hydrogen (secondary N) is 1. The first-order chi connectivity index (χ1) is 11.2.